The smallest absolute Gasteiger partial charge is 0.252 e. The first-order valence-electron chi connectivity index (χ1n) is 9.68. The van der Waals surface area contributed by atoms with Gasteiger partial charge in [-0.3, -0.25) is 4.79 Å². The van der Waals surface area contributed by atoms with E-state index < -0.39 is 0 Å². The van der Waals surface area contributed by atoms with Crippen molar-refractivity contribution in [3.63, 3.8) is 0 Å². The molecule has 0 fully saturated rings. The maximum Gasteiger partial charge on any atom is 0.252 e. The Morgan fingerprint density at radius 1 is 1.06 bits per heavy atom. The molecular weight excluding hydrogens is 451 g/mol. The number of amides is 1. The Balaban J connectivity index is 1.49. The van der Waals surface area contributed by atoms with Gasteiger partial charge >= 0.3 is 0 Å². The summed E-state index contributed by atoms with van der Waals surface area (Å²) in [4.78, 5) is 17.1. The second kappa shape index (κ2) is 9.69. The van der Waals surface area contributed by atoms with Gasteiger partial charge in [-0.05, 0) is 54.1 Å². The monoisotopic (exact) mass is 470 g/mol. The third-order valence-corrected chi connectivity index (χ3v) is 6.52. The lowest BCUT2D eigenvalue weighted by molar-refractivity contribution is 0.0956. The Morgan fingerprint density at radius 2 is 1.84 bits per heavy atom. The first kappa shape index (κ1) is 21.6. The normalized spacial score (nSPS) is 10.9. The minimum absolute atomic E-state index is 0.212. The van der Waals surface area contributed by atoms with Crippen molar-refractivity contribution in [1.82, 2.24) is 10.3 Å². The molecule has 0 saturated heterocycles. The van der Waals surface area contributed by atoms with E-state index in [0.29, 0.717) is 27.9 Å². The van der Waals surface area contributed by atoms with Crippen LogP contribution in [0.4, 0.5) is 0 Å². The van der Waals surface area contributed by atoms with Crippen LogP contribution in [0, 0.1) is 0 Å². The number of benzene rings is 3. The molecule has 1 aromatic heterocycles. The molecule has 0 aliphatic carbocycles. The van der Waals surface area contributed by atoms with E-state index in [4.69, 9.17) is 27.9 Å². The fourth-order valence-electron chi connectivity index (χ4n) is 3.31. The molecule has 0 bridgehead atoms. The van der Waals surface area contributed by atoms with E-state index in [0.717, 1.165) is 32.8 Å². The molecule has 0 atom stereocenters. The summed E-state index contributed by atoms with van der Waals surface area (Å²) in [6.45, 7) is 0.504. The number of nitrogens with one attached hydrogen (secondary N) is 2. The van der Waals surface area contributed by atoms with Gasteiger partial charge in [0.2, 0.25) is 0 Å². The highest BCUT2D eigenvalue weighted by Crippen LogP contribution is 2.38. The van der Waals surface area contributed by atoms with Crippen LogP contribution in [0.25, 0.3) is 22.2 Å². The molecule has 0 radical (unpaired) electrons. The average molecular weight is 471 g/mol. The van der Waals surface area contributed by atoms with Crippen LogP contribution in [0.1, 0.15) is 10.4 Å². The molecule has 7 heteroatoms. The zero-order valence-corrected chi connectivity index (χ0v) is 19.1. The van der Waals surface area contributed by atoms with Crippen molar-refractivity contribution in [1.29, 1.82) is 0 Å². The summed E-state index contributed by atoms with van der Waals surface area (Å²) in [5.74, 6) is 1.32. The Hall–Kier alpha value is -2.60. The van der Waals surface area contributed by atoms with Gasteiger partial charge in [-0.15, -0.1) is 11.8 Å². The summed E-state index contributed by atoms with van der Waals surface area (Å²) in [5, 5.41) is 4.93. The second-order valence-corrected chi connectivity index (χ2v) is 8.78. The topological polar surface area (TPSA) is 54.1 Å². The number of ether oxygens (including phenoxy) is 1. The Bertz CT molecular complexity index is 1220. The van der Waals surface area contributed by atoms with Gasteiger partial charge in [-0.2, -0.15) is 0 Å². The summed E-state index contributed by atoms with van der Waals surface area (Å²) < 4.78 is 5.28. The summed E-state index contributed by atoms with van der Waals surface area (Å²) >= 11 is 13.7. The van der Waals surface area contributed by atoms with E-state index in [9.17, 15) is 4.79 Å². The van der Waals surface area contributed by atoms with E-state index >= 15 is 0 Å². The number of hydrogen-bond acceptors (Lipinski definition) is 3. The Morgan fingerprint density at radius 3 is 2.58 bits per heavy atom. The number of H-pyrrole nitrogens is 1. The zero-order valence-electron chi connectivity index (χ0n) is 16.7. The van der Waals surface area contributed by atoms with Crippen molar-refractivity contribution < 1.29 is 9.53 Å². The van der Waals surface area contributed by atoms with Crippen LogP contribution in [0.5, 0.6) is 5.75 Å². The van der Waals surface area contributed by atoms with Gasteiger partial charge in [0.1, 0.15) is 5.75 Å². The van der Waals surface area contributed by atoms with Crippen LogP contribution >= 0.6 is 35.0 Å². The van der Waals surface area contributed by atoms with Crippen molar-refractivity contribution in [3.8, 4) is 17.0 Å². The standard InChI is InChI=1S/C24H20Cl2N2O2S/c1-30-17-9-6-15(7-10-17)22-23(19-4-2-3-5-21(19)28-22)31-13-12-27-24(29)18-11-8-16(25)14-20(18)26/h2-11,14,28H,12-13H2,1H3,(H,27,29). The van der Waals surface area contributed by atoms with Crippen molar-refractivity contribution in [2.24, 2.45) is 0 Å². The lowest BCUT2D eigenvalue weighted by Gasteiger charge is -2.09. The Kier molecular flexibility index (Phi) is 6.76. The van der Waals surface area contributed by atoms with Gasteiger partial charge in [-0.25, -0.2) is 0 Å². The molecule has 3 aromatic carbocycles. The minimum Gasteiger partial charge on any atom is -0.497 e. The van der Waals surface area contributed by atoms with Gasteiger partial charge < -0.3 is 15.0 Å². The maximum atomic E-state index is 12.4. The first-order chi connectivity index (χ1) is 15.1. The molecule has 4 aromatic rings. The van der Waals surface area contributed by atoms with E-state index in [2.05, 4.69) is 22.4 Å². The SMILES string of the molecule is COc1ccc(-c2[nH]c3ccccc3c2SCCNC(=O)c2ccc(Cl)cc2Cl)cc1. The number of halogens is 2. The molecule has 4 nitrogen and oxygen atoms in total. The number of hydrogen-bond donors (Lipinski definition) is 2. The summed E-state index contributed by atoms with van der Waals surface area (Å²) in [6, 6.07) is 21.1. The predicted molar refractivity (Wildman–Crippen MR) is 130 cm³/mol. The van der Waals surface area contributed by atoms with Crippen LogP contribution in [0.3, 0.4) is 0 Å². The molecule has 0 spiro atoms. The van der Waals surface area contributed by atoms with Gasteiger partial charge in [0.15, 0.2) is 0 Å². The lowest BCUT2D eigenvalue weighted by atomic mass is 10.1. The molecule has 0 aliphatic heterocycles. The van der Waals surface area contributed by atoms with Gasteiger partial charge in [0.05, 0.1) is 23.4 Å². The van der Waals surface area contributed by atoms with Gasteiger partial charge in [0, 0.05) is 33.1 Å². The fraction of sp³-hybridized carbons (Fsp3) is 0.125. The van der Waals surface area contributed by atoms with Crippen LogP contribution in [-0.2, 0) is 0 Å². The zero-order chi connectivity index (χ0) is 21.8. The number of rotatable bonds is 7. The third kappa shape index (κ3) is 4.85. The molecule has 1 heterocycles. The summed E-state index contributed by atoms with van der Waals surface area (Å²) in [5.41, 5.74) is 3.63. The van der Waals surface area contributed by atoms with Crippen molar-refractivity contribution in [2.75, 3.05) is 19.4 Å². The summed E-state index contributed by atoms with van der Waals surface area (Å²) in [7, 11) is 1.66. The molecule has 0 unspecified atom stereocenters. The number of methoxy groups -OCH3 is 1. The number of thioether (sulfide) groups is 1. The molecule has 31 heavy (non-hydrogen) atoms. The van der Waals surface area contributed by atoms with E-state index in [1.807, 2.05) is 36.4 Å². The summed E-state index contributed by atoms with van der Waals surface area (Å²) in [6.07, 6.45) is 0. The van der Waals surface area contributed by atoms with Gasteiger partial charge in [-0.1, -0.05) is 41.4 Å². The molecule has 1 amide bonds. The van der Waals surface area contributed by atoms with Crippen molar-refractivity contribution >= 4 is 51.8 Å². The van der Waals surface area contributed by atoms with Crippen molar-refractivity contribution in [3.05, 3.63) is 82.3 Å². The molecule has 2 N–H and O–H groups in total. The largest absolute Gasteiger partial charge is 0.497 e. The van der Waals surface area contributed by atoms with E-state index in [1.165, 1.54) is 0 Å². The number of carbonyl (C=O) groups excluding carboxylic acids is 1. The van der Waals surface area contributed by atoms with Crippen LogP contribution in [0.15, 0.2) is 71.6 Å². The molecule has 158 valence electrons. The van der Waals surface area contributed by atoms with E-state index in [1.54, 1.807) is 37.1 Å². The predicted octanol–water partition coefficient (Wildman–Crippen LogP) is 6.67. The first-order valence-corrected chi connectivity index (χ1v) is 11.4. The number of aromatic nitrogens is 1. The number of aromatic amines is 1. The number of fused-ring (bicyclic) bond motifs is 1. The highest BCUT2D eigenvalue weighted by Gasteiger charge is 2.15. The van der Waals surface area contributed by atoms with Crippen molar-refractivity contribution in [2.45, 2.75) is 4.90 Å². The average Bonchev–Trinajstić information content (AvgIpc) is 3.15. The molecular formula is C24H20Cl2N2O2S. The Labute approximate surface area is 194 Å². The van der Waals surface area contributed by atoms with Crippen LogP contribution in [-0.4, -0.2) is 30.3 Å². The van der Waals surface area contributed by atoms with Crippen LogP contribution < -0.4 is 10.1 Å². The molecule has 0 saturated carbocycles. The van der Waals surface area contributed by atoms with E-state index in [-0.39, 0.29) is 5.91 Å². The lowest BCUT2D eigenvalue weighted by Crippen LogP contribution is -2.25. The maximum absolute atomic E-state index is 12.4. The van der Waals surface area contributed by atoms with Gasteiger partial charge in [0.25, 0.3) is 5.91 Å². The fourth-order valence-corrected chi connectivity index (χ4v) is 4.86. The van der Waals surface area contributed by atoms with Crippen LogP contribution in [0.2, 0.25) is 10.0 Å². The highest BCUT2D eigenvalue weighted by atomic mass is 35.5. The number of para-hydroxylation sites is 1. The highest BCUT2D eigenvalue weighted by molar-refractivity contribution is 7.99. The minimum atomic E-state index is -0.212. The molecule has 0 aliphatic rings. The second-order valence-electron chi connectivity index (χ2n) is 6.83. The quantitative estimate of drug-likeness (QED) is 0.234. The number of carbonyl (C=O) groups is 1. The molecule has 4 rings (SSSR count). The third-order valence-electron chi connectivity index (χ3n) is 4.85.